The van der Waals surface area contributed by atoms with Crippen molar-refractivity contribution in [1.29, 1.82) is 0 Å². The van der Waals surface area contributed by atoms with Crippen molar-refractivity contribution in [2.45, 2.75) is 71.6 Å². The maximum atomic E-state index is 12.7. The molecule has 1 fully saturated rings. The summed E-state index contributed by atoms with van der Waals surface area (Å²) >= 11 is 0. The molecule has 2 atom stereocenters. The Balaban J connectivity index is 2.04. The van der Waals surface area contributed by atoms with Gasteiger partial charge in [0.1, 0.15) is 17.1 Å². The van der Waals surface area contributed by atoms with Gasteiger partial charge in [0.2, 0.25) is 0 Å². The molecule has 25 heavy (non-hydrogen) atoms. The fourth-order valence-corrected chi connectivity index (χ4v) is 3.15. The summed E-state index contributed by atoms with van der Waals surface area (Å²) in [4.78, 5) is 14.4. The molecule has 1 aromatic rings. The van der Waals surface area contributed by atoms with Crippen molar-refractivity contribution in [1.82, 2.24) is 10.2 Å². The van der Waals surface area contributed by atoms with Gasteiger partial charge in [-0.15, -0.1) is 0 Å². The van der Waals surface area contributed by atoms with Gasteiger partial charge in [-0.25, -0.2) is 4.79 Å². The number of nitrogens with one attached hydrogen (secondary N) is 1. The second-order valence-corrected chi connectivity index (χ2v) is 7.99. The van der Waals surface area contributed by atoms with Crippen LogP contribution in [0.2, 0.25) is 0 Å². The number of nitrogens with zero attached hydrogens (tertiary/aromatic N) is 1. The monoisotopic (exact) mass is 350 g/mol. The van der Waals surface area contributed by atoms with Gasteiger partial charge < -0.3 is 19.9 Å². The summed E-state index contributed by atoms with van der Waals surface area (Å²) < 4.78 is 11.5. The second kappa shape index (κ2) is 7.22. The number of rotatable bonds is 4. The van der Waals surface area contributed by atoms with Gasteiger partial charge in [-0.2, -0.15) is 0 Å². The number of amides is 1. The Kier molecular flexibility index (Phi) is 5.64. The molecule has 6 heteroatoms. The van der Waals surface area contributed by atoms with Crippen molar-refractivity contribution < 1.29 is 19.4 Å². The van der Waals surface area contributed by atoms with Gasteiger partial charge in [-0.05, 0) is 59.2 Å². The highest BCUT2D eigenvalue weighted by atomic mass is 16.6. The van der Waals surface area contributed by atoms with Crippen LogP contribution in [0.5, 0.6) is 5.75 Å². The van der Waals surface area contributed by atoms with Gasteiger partial charge in [-0.3, -0.25) is 4.90 Å². The summed E-state index contributed by atoms with van der Waals surface area (Å²) in [5.74, 6) is 0.244. The van der Waals surface area contributed by atoms with Crippen molar-refractivity contribution in [3.8, 4) is 5.75 Å². The number of phenols is 1. The van der Waals surface area contributed by atoms with Crippen LogP contribution in [-0.4, -0.2) is 46.1 Å². The third-order valence-corrected chi connectivity index (χ3v) is 4.11. The van der Waals surface area contributed by atoms with E-state index < -0.39 is 11.3 Å². The number of carbonyl (C=O) groups is 1. The van der Waals surface area contributed by atoms with Gasteiger partial charge in [0, 0.05) is 13.1 Å². The number of aromatic hydroxyl groups is 1. The zero-order chi connectivity index (χ0) is 18.8. The normalized spacial score (nSPS) is 22.9. The first-order valence-electron chi connectivity index (χ1n) is 8.68. The van der Waals surface area contributed by atoms with Crippen LogP contribution in [0.25, 0.3) is 0 Å². The Morgan fingerprint density at radius 3 is 2.68 bits per heavy atom. The molecule has 1 heterocycles. The van der Waals surface area contributed by atoms with Gasteiger partial charge in [-0.1, -0.05) is 12.1 Å². The number of carbonyl (C=O) groups excluding carboxylic acids is 1. The number of ether oxygens (including phenoxy) is 2. The summed E-state index contributed by atoms with van der Waals surface area (Å²) in [5, 5.41) is 12.9. The van der Waals surface area contributed by atoms with E-state index in [0.717, 1.165) is 5.56 Å². The molecule has 2 N–H and O–H groups in total. The molecule has 0 aromatic heterocycles. The number of hydrogen-bond acceptors (Lipinski definition) is 5. The molecule has 0 saturated carbocycles. The van der Waals surface area contributed by atoms with Crippen molar-refractivity contribution >= 4 is 6.09 Å². The lowest BCUT2D eigenvalue weighted by molar-refractivity contribution is -0.0756. The molecule has 6 nitrogen and oxygen atoms in total. The van der Waals surface area contributed by atoms with Gasteiger partial charge in [0.05, 0.1) is 12.1 Å². The maximum Gasteiger partial charge on any atom is 0.412 e. The van der Waals surface area contributed by atoms with Crippen molar-refractivity contribution in [2.75, 3.05) is 6.54 Å². The van der Waals surface area contributed by atoms with E-state index in [1.165, 1.54) is 0 Å². The van der Waals surface area contributed by atoms with Crippen LogP contribution in [0, 0.1) is 0 Å². The molecule has 0 unspecified atom stereocenters. The number of hydrogen-bond donors (Lipinski definition) is 2. The minimum Gasteiger partial charge on any atom is -0.508 e. The summed E-state index contributed by atoms with van der Waals surface area (Å²) in [5.41, 5.74) is -0.299. The zero-order valence-electron chi connectivity index (χ0n) is 16.0. The molecule has 1 amide bonds. The van der Waals surface area contributed by atoms with E-state index in [0.29, 0.717) is 13.1 Å². The largest absolute Gasteiger partial charge is 0.508 e. The first kappa shape index (κ1) is 19.5. The molecule has 0 aliphatic carbocycles. The van der Waals surface area contributed by atoms with Crippen LogP contribution in [0.15, 0.2) is 24.3 Å². The molecular formula is C19H30N2O4. The molecule has 2 rings (SSSR count). The van der Waals surface area contributed by atoms with Crippen molar-refractivity contribution in [3.63, 3.8) is 0 Å². The van der Waals surface area contributed by atoms with Crippen LogP contribution >= 0.6 is 0 Å². The predicted molar refractivity (Wildman–Crippen MR) is 96.3 cm³/mol. The van der Waals surface area contributed by atoms with E-state index in [-0.39, 0.29) is 24.0 Å². The standard InChI is InChI=1S/C19H30N2O4/c1-13-16(12-20-11-14-8-7-9-15(22)10-14)21(19(5,6)24-13)17(23)25-18(2,3)4/h7-10,13,16,20,22H,11-12H2,1-6H3/t13-,16+/m1/s1. The fourth-order valence-electron chi connectivity index (χ4n) is 3.15. The van der Waals surface area contributed by atoms with Crippen molar-refractivity contribution in [3.05, 3.63) is 29.8 Å². The zero-order valence-corrected chi connectivity index (χ0v) is 16.0. The third kappa shape index (κ3) is 5.09. The Labute approximate surface area is 150 Å². The van der Waals surface area contributed by atoms with E-state index in [1.54, 1.807) is 17.0 Å². The van der Waals surface area contributed by atoms with E-state index in [2.05, 4.69) is 5.32 Å². The second-order valence-electron chi connectivity index (χ2n) is 7.99. The lowest BCUT2D eigenvalue weighted by atomic mass is 10.1. The Morgan fingerprint density at radius 2 is 2.08 bits per heavy atom. The summed E-state index contributed by atoms with van der Waals surface area (Å²) in [6.45, 7) is 12.5. The first-order valence-corrected chi connectivity index (χ1v) is 8.68. The minimum absolute atomic E-state index is 0.112. The van der Waals surface area contributed by atoms with Crippen LogP contribution in [0.1, 0.15) is 47.1 Å². The lowest BCUT2D eigenvalue weighted by Gasteiger charge is -2.35. The molecular weight excluding hydrogens is 320 g/mol. The van der Waals surface area contributed by atoms with E-state index in [1.807, 2.05) is 53.7 Å². The Morgan fingerprint density at radius 1 is 1.40 bits per heavy atom. The highest BCUT2D eigenvalue weighted by Crippen LogP contribution is 2.33. The highest BCUT2D eigenvalue weighted by molar-refractivity contribution is 5.70. The van der Waals surface area contributed by atoms with E-state index >= 15 is 0 Å². The SMILES string of the molecule is C[C@H]1OC(C)(C)N(C(=O)OC(C)(C)C)[C@H]1CNCc1cccc(O)c1. The van der Waals surface area contributed by atoms with Crippen LogP contribution in [0.4, 0.5) is 4.79 Å². The first-order chi connectivity index (χ1) is 11.5. The molecule has 0 spiro atoms. The Hall–Kier alpha value is -1.79. The molecule has 1 saturated heterocycles. The number of phenolic OH excluding ortho intramolecular Hbond substituents is 1. The van der Waals surface area contributed by atoms with Gasteiger partial charge in [0.25, 0.3) is 0 Å². The lowest BCUT2D eigenvalue weighted by Crippen LogP contribution is -2.53. The quantitative estimate of drug-likeness (QED) is 0.872. The van der Waals surface area contributed by atoms with E-state index in [4.69, 9.17) is 9.47 Å². The third-order valence-electron chi connectivity index (χ3n) is 4.11. The molecule has 1 aliphatic rings. The molecule has 1 aliphatic heterocycles. The smallest absolute Gasteiger partial charge is 0.412 e. The van der Waals surface area contributed by atoms with Crippen LogP contribution in [0.3, 0.4) is 0 Å². The molecule has 0 radical (unpaired) electrons. The van der Waals surface area contributed by atoms with Crippen LogP contribution < -0.4 is 5.32 Å². The highest BCUT2D eigenvalue weighted by Gasteiger charge is 2.49. The van der Waals surface area contributed by atoms with Gasteiger partial charge in [0.15, 0.2) is 0 Å². The van der Waals surface area contributed by atoms with Gasteiger partial charge >= 0.3 is 6.09 Å². The summed E-state index contributed by atoms with van der Waals surface area (Å²) in [6.07, 6.45) is -0.481. The average Bonchev–Trinajstić information content (AvgIpc) is 2.66. The summed E-state index contributed by atoms with van der Waals surface area (Å²) in [6, 6.07) is 6.98. The van der Waals surface area contributed by atoms with Crippen LogP contribution in [-0.2, 0) is 16.0 Å². The molecule has 0 bridgehead atoms. The van der Waals surface area contributed by atoms with Crippen molar-refractivity contribution in [2.24, 2.45) is 0 Å². The maximum absolute atomic E-state index is 12.7. The number of benzene rings is 1. The molecule has 140 valence electrons. The molecule has 1 aromatic carbocycles. The fraction of sp³-hybridized carbons (Fsp3) is 0.632. The summed E-state index contributed by atoms with van der Waals surface area (Å²) in [7, 11) is 0. The average molecular weight is 350 g/mol. The Bertz CT molecular complexity index is 610. The topological polar surface area (TPSA) is 71.0 Å². The van der Waals surface area contributed by atoms with E-state index in [9.17, 15) is 9.90 Å². The minimum atomic E-state index is -0.723. The predicted octanol–water partition coefficient (Wildman–Crippen LogP) is 3.24.